The first-order valence-electron chi connectivity index (χ1n) is 7.62. The van der Waals surface area contributed by atoms with Gasteiger partial charge in [0.05, 0.1) is 24.4 Å². The lowest BCUT2D eigenvalue weighted by Gasteiger charge is -2.07. The van der Waals surface area contributed by atoms with E-state index in [-0.39, 0.29) is 23.9 Å². The van der Waals surface area contributed by atoms with Crippen LogP contribution in [0.15, 0.2) is 54.6 Å². The second-order valence-electron chi connectivity index (χ2n) is 5.21. The second kappa shape index (κ2) is 7.78. The number of amides is 1. The third kappa shape index (κ3) is 4.34. The molecule has 0 spiro atoms. The standard InChI is InChI=1S/C18H17N3O3S/c19-17-15(8-6-12(11-22)21-17)18(23)20-10-14-7-9-16(25-14)24-13-4-2-1-3-5-13/h1-9,22H,10-11H2,(H2,19,21)(H,20,23). The summed E-state index contributed by atoms with van der Waals surface area (Å²) in [5.74, 6) is 0.555. The molecule has 4 N–H and O–H groups in total. The van der Waals surface area contributed by atoms with E-state index < -0.39 is 0 Å². The zero-order valence-electron chi connectivity index (χ0n) is 13.3. The van der Waals surface area contributed by atoms with Crippen LogP contribution in [0.25, 0.3) is 0 Å². The van der Waals surface area contributed by atoms with Crippen LogP contribution in [0, 0.1) is 0 Å². The van der Waals surface area contributed by atoms with Gasteiger partial charge in [0.15, 0.2) is 5.06 Å². The molecule has 0 saturated carbocycles. The summed E-state index contributed by atoms with van der Waals surface area (Å²) in [6.45, 7) is 0.147. The third-order valence-corrected chi connectivity index (χ3v) is 4.37. The van der Waals surface area contributed by atoms with Crippen LogP contribution in [0.1, 0.15) is 20.9 Å². The molecule has 0 fully saturated rings. The maximum Gasteiger partial charge on any atom is 0.255 e. The molecular formula is C18H17N3O3S. The number of aromatic nitrogens is 1. The molecule has 3 aromatic rings. The number of nitrogen functional groups attached to an aromatic ring is 1. The summed E-state index contributed by atoms with van der Waals surface area (Å²) in [6.07, 6.45) is 0. The van der Waals surface area contributed by atoms with Gasteiger partial charge in [-0.3, -0.25) is 4.79 Å². The molecule has 128 valence electrons. The molecule has 0 bridgehead atoms. The molecule has 0 aliphatic carbocycles. The normalized spacial score (nSPS) is 10.4. The molecule has 7 heteroatoms. The number of ether oxygens (including phenoxy) is 1. The molecule has 1 amide bonds. The van der Waals surface area contributed by atoms with E-state index in [9.17, 15) is 4.79 Å². The minimum Gasteiger partial charge on any atom is -0.447 e. The molecule has 2 heterocycles. The molecular weight excluding hydrogens is 338 g/mol. The van der Waals surface area contributed by atoms with Crippen molar-refractivity contribution in [3.05, 3.63) is 70.7 Å². The summed E-state index contributed by atoms with van der Waals surface area (Å²) < 4.78 is 5.75. The Labute approximate surface area is 148 Å². The van der Waals surface area contributed by atoms with E-state index in [0.717, 1.165) is 15.7 Å². The number of aliphatic hydroxyl groups excluding tert-OH is 1. The van der Waals surface area contributed by atoms with Crippen molar-refractivity contribution < 1.29 is 14.6 Å². The van der Waals surface area contributed by atoms with E-state index >= 15 is 0 Å². The zero-order valence-corrected chi connectivity index (χ0v) is 14.1. The van der Waals surface area contributed by atoms with E-state index in [0.29, 0.717) is 12.2 Å². The Hall–Kier alpha value is -2.90. The number of nitrogens with two attached hydrogens (primary N) is 1. The molecule has 0 saturated heterocycles. The Balaban J connectivity index is 1.59. The van der Waals surface area contributed by atoms with Gasteiger partial charge in [0.25, 0.3) is 5.91 Å². The van der Waals surface area contributed by atoms with Gasteiger partial charge < -0.3 is 20.9 Å². The highest BCUT2D eigenvalue weighted by Gasteiger charge is 2.12. The third-order valence-electron chi connectivity index (χ3n) is 3.41. The van der Waals surface area contributed by atoms with Crippen molar-refractivity contribution in [3.8, 4) is 10.8 Å². The summed E-state index contributed by atoms with van der Waals surface area (Å²) >= 11 is 1.46. The van der Waals surface area contributed by atoms with Gasteiger partial charge in [0, 0.05) is 4.88 Å². The number of anilines is 1. The number of carbonyl (C=O) groups excluding carboxylic acids is 1. The van der Waals surface area contributed by atoms with Crippen LogP contribution in [-0.2, 0) is 13.2 Å². The first-order chi connectivity index (χ1) is 12.2. The number of pyridine rings is 1. The van der Waals surface area contributed by atoms with Gasteiger partial charge in [-0.25, -0.2) is 4.98 Å². The van der Waals surface area contributed by atoms with Crippen LogP contribution in [-0.4, -0.2) is 16.0 Å². The fraction of sp³-hybridized carbons (Fsp3) is 0.111. The van der Waals surface area contributed by atoms with E-state index in [1.165, 1.54) is 11.3 Å². The van der Waals surface area contributed by atoms with Crippen molar-refractivity contribution in [2.75, 3.05) is 5.73 Å². The maximum absolute atomic E-state index is 12.2. The molecule has 2 aromatic heterocycles. The van der Waals surface area contributed by atoms with E-state index in [2.05, 4.69) is 10.3 Å². The number of thiophene rings is 1. The summed E-state index contributed by atoms with van der Waals surface area (Å²) in [5.41, 5.74) is 6.47. The largest absolute Gasteiger partial charge is 0.447 e. The van der Waals surface area contributed by atoms with Crippen molar-refractivity contribution in [3.63, 3.8) is 0 Å². The summed E-state index contributed by atoms with van der Waals surface area (Å²) in [7, 11) is 0. The highest BCUT2D eigenvalue weighted by Crippen LogP contribution is 2.29. The molecule has 0 unspecified atom stereocenters. The number of para-hydroxylation sites is 1. The second-order valence-corrected chi connectivity index (χ2v) is 6.34. The Morgan fingerprint density at radius 1 is 1.16 bits per heavy atom. The van der Waals surface area contributed by atoms with Crippen molar-refractivity contribution in [1.82, 2.24) is 10.3 Å². The number of carbonyl (C=O) groups is 1. The fourth-order valence-corrected chi connectivity index (χ4v) is 2.99. The van der Waals surface area contributed by atoms with Crippen LogP contribution in [0.2, 0.25) is 0 Å². The summed E-state index contributed by atoms with van der Waals surface area (Å²) in [6, 6.07) is 16.4. The monoisotopic (exact) mass is 355 g/mol. The minimum atomic E-state index is -0.312. The number of benzene rings is 1. The van der Waals surface area contributed by atoms with Crippen LogP contribution in [0.3, 0.4) is 0 Å². The van der Waals surface area contributed by atoms with Crippen molar-refractivity contribution in [1.29, 1.82) is 0 Å². The topological polar surface area (TPSA) is 97.5 Å². The predicted molar refractivity (Wildman–Crippen MR) is 96.6 cm³/mol. The van der Waals surface area contributed by atoms with Crippen LogP contribution in [0.5, 0.6) is 10.8 Å². The molecule has 1 aromatic carbocycles. The number of hydrogen-bond donors (Lipinski definition) is 3. The van der Waals surface area contributed by atoms with Crippen molar-refractivity contribution in [2.24, 2.45) is 0 Å². The first kappa shape index (κ1) is 16.9. The molecule has 0 radical (unpaired) electrons. The lowest BCUT2D eigenvalue weighted by Crippen LogP contribution is -2.24. The molecule has 6 nitrogen and oxygen atoms in total. The number of nitrogens with one attached hydrogen (secondary N) is 1. The molecule has 25 heavy (non-hydrogen) atoms. The van der Waals surface area contributed by atoms with Crippen LogP contribution < -0.4 is 15.8 Å². The number of nitrogens with zero attached hydrogens (tertiary/aromatic N) is 1. The van der Waals surface area contributed by atoms with E-state index in [1.807, 2.05) is 42.5 Å². The highest BCUT2D eigenvalue weighted by atomic mass is 32.1. The summed E-state index contributed by atoms with van der Waals surface area (Å²) in [4.78, 5) is 17.1. The Kier molecular flexibility index (Phi) is 5.27. The van der Waals surface area contributed by atoms with Gasteiger partial charge in [-0.05, 0) is 36.4 Å². The van der Waals surface area contributed by atoms with Gasteiger partial charge >= 0.3 is 0 Å². The van der Waals surface area contributed by atoms with Gasteiger partial charge in [0.2, 0.25) is 0 Å². The average Bonchev–Trinajstić information content (AvgIpc) is 3.07. The smallest absolute Gasteiger partial charge is 0.255 e. The first-order valence-corrected chi connectivity index (χ1v) is 8.43. The van der Waals surface area contributed by atoms with E-state index in [1.54, 1.807) is 12.1 Å². The lowest BCUT2D eigenvalue weighted by atomic mass is 10.2. The van der Waals surface area contributed by atoms with Crippen molar-refractivity contribution in [2.45, 2.75) is 13.2 Å². The van der Waals surface area contributed by atoms with Gasteiger partial charge in [-0.2, -0.15) is 0 Å². The van der Waals surface area contributed by atoms with Crippen LogP contribution >= 0.6 is 11.3 Å². The fourth-order valence-electron chi connectivity index (χ4n) is 2.17. The SMILES string of the molecule is Nc1nc(CO)ccc1C(=O)NCc1ccc(Oc2ccccc2)s1. The van der Waals surface area contributed by atoms with Crippen LogP contribution in [0.4, 0.5) is 5.82 Å². The number of aliphatic hydroxyl groups is 1. The Morgan fingerprint density at radius 2 is 1.96 bits per heavy atom. The molecule has 0 atom stereocenters. The minimum absolute atomic E-state index is 0.100. The maximum atomic E-state index is 12.2. The average molecular weight is 355 g/mol. The predicted octanol–water partition coefficient (Wildman–Crippen LogP) is 2.94. The molecule has 0 aliphatic heterocycles. The Bertz CT molecular complexity index is 865. The summed E-state index contributed by atoms with van der Waals surface area (Å²) in [5, 5.41) is 12.6. The van der Waals surface area contributed by atoms with Gasteiger partial charge in [-0.15, -0.1) is 11.3 Å². The molecule has 3 rings (SSSR count). The highest BCUT2D eigenvalue weighted by molar-refractivity contribution is 7.13. The molecule has 0 aliphatic rings. The number of hydrogen-bond acceptors (Lipinski definition) is 6. The van der Waals surface area contributed by atoms with Gasteiger partial charge in [0.1, 0.15) is 11.6 Å². The van der Waals surface area contributed by atoms with Gasteiger partial charge in [-0.1, -0.05) is 18.2 Å². The van der Waals surface area contributed by atoms with Crippen molar-refractivity contribution >= 4 is 23.1 Å². The number of rotatable bonds is 6. The lowest BCUT2D eigenvalue weighted by molar-refractivity contribution is 0.0952. The Morgan fingerprint density at radius 3 is 2.68 bits per heavy atom. The zero-order chi connectivity index (χ0) is 17.6. The quantitative estimate of drug-likeness (QED) is 0.632. The van der Waals surface area contributed by atoms with E-state index in [4.69, 9.17) is 15.6 Å².